The Balaban J connectivity index is 2.38. The van der Waals surface area contributed by atoms with E-state index in [1.165, 1.54) is 0 Å². The lowest BCUT2D eigenvalue weighted by Crippen LogP contribution is -2.21. The second kappa shape index (κ2) is 5.58. The Kier molecular flexibility index (Phi) is 4.11. The Morgan fingerprint density at radius 2 is 1.94 bits per heavy atom. The van der Waals surface area contributed by atoms with Crippen molar-refractivity contribution in [1.82, 2.24) is 5.32 Å². The van der Waals surface area contributed by atoms with Gasteiger partial charge in [-0.15, -0.1) is 0 Å². The minimum Gasteiger partial charge on any atom is -0.467 e. The van der Waals surface area contributed by atoms with Crippen molar-refractivity contribution < 1.29 is 4.42 Å². The first-order chi connectivity index (χ1) is 8.20. The molecule has 4 heteroatoms. The van der Waals surface area contributed by atoms with Gasteiger partial charge in [0.05, 0.1) is 12.3 Å². The van der Waals surface area contributed by atoms with Crippen molar-refractivity contribution in [3.8, 4) is 0 Å². The van der Waals surface area contributed by atoms with Gasteiger partial charge in [-0.25, -0.2) is 0 Å². The molecule has 2 nitrogen and oxygen atoms in total. The fourth-order valence-corrected chi connectivity index (χ4v) is 2.33. The van der Waals surface area contributed by atoms with Gasteiger partial charge in [0.2, 0.25) is 0 Å². The molecule has 0 saturated heterocycles. The molecule has 0 aliphatic carbocycles. The molecule has 0 spiro atoms. The summed E-state index contributed by atoms with van der Waals surface area (Å²) in [5.74, 6) is 0.852. The summed E-state index contributed by atoms with van der Waals surface area (Å²) in [6, 6.07) is 9.28. The van der Waals surface area contributed by atoms with Gasteiger partial charge in [0, 0.05) is 10.0 Å². The van der Waals surface area contributed by atoms with Crippen LogP contribution in [0.1, 0.15) is 24.3 Å². The van der Waals surface area contributed by atoms with Crippen LogP contribution in [-0.2, 0) is 0 Å². The monoisotopic (exact) mass is 269 g/mol. The molecule has 1 unspecified atom stereocenters. The molecule has 90 valence electrons. The van der Waals surface area contributed by atoms with E-state index in [0.717, 1.165) is 17.9 Å². The molecule has 1 atom stereocenters. The molecule has 0 amide bonds. The predicted molar refractivity (Wildman–Crippen MR) is 70.7 cm³/mol. The van der Waals surface area contributed by atoms with Crippen molar-refractivity contribution >= 4 is 23.2 Å². The predicted octanol–water partition coefficient (Wildman–Crippen LogP) is 4.29. The number of benzene rings is 1. The number of nitrogens with one attached hydrogen (secondary N) is 1. The van der Waals surface area contributed by atoms with Gasteiger partial charge in [-0.3, -0.25) is 0 Å². The van der Waals surface area contributed by atoms with Crippen LogP contribution in [0.15, 0.2) is 41.0 Å². The molecule has 0 bridgehead atoms. The number of hydrogen-bond acceptors (Lipinski definition) is 2. The summed E-state index contributed by atoms with van der Waals surface area (Å²) in [6.07, 6.45) is 1.66. The van der Waals surface area contributed by atoms with E-state index in [-0.39, 0.29) is 6.04 Å². The molecule has 2 aromatic rings. The minimum atomic E-state index is -0.0220. The fraction of sp³-hybridized carbons (Fsp3) is 0.231. The number of rotatable bonds is 4. The van der Waals surface area contributed by atoms with Crippen LogP contribution >= 0.6 is 23.2 Å². The van der Waals surface area contributed by atoms with Gasteiger partial charge in [-0.05, 0) is 42.4 Å². The Labute approximate surface area is 111 Å². The van der Waals surface area contributed by atoms with Gasteiger partial charge in [-0.2, -0.15) is 0 Å². The van der Waals surface area contributed by atoms with E-state index in [2.05, 4.69) is 5.32 Å². The Morgan fingerprint density at radius 3 is 2.47 bits per heavy atom. The molecule has 1 heterocycles. The van der Waals surface area contributed by atoms with Crippen molar-refractivity contribution in [2.24, 2.45) is 0 Å². The lowest BCUT2D eigenvalue weighted by Gasteiger charge is -2.16. The van der Waals surface area contributed by atoms with E-state index in [4.69, 9.17) is 27.6 Å². The molecule has 0 aliphatic heterocycles. The van der Waals surface area contributed by atoms with Gasteiger partial charge < -0.3 is 9.73 Å². The van der Waals surface area contributed by atoms with E-state index in [1.54, 1.807) is 12.3 Å². The third-order valence-electron chi connectivity index (χ3n) is 2.45. The van der Waals surface area contributed by atoms with Crippen LogP contribution in [0.3, 0.4) is 0 Å². The Bertz CT molecular complexity index is 462. The second-order valence-electron chi connectivity index (χ2n) is 3.71. The molecule has 0 fully saturated rings. The molecule has 0 aliphatic rings. The normalized spacial score (nSPS) is 12.6. The van der Waals surface area contributed by atoms with Crippen LogP contribution in [-0.4, -0.2) is 6.54 Å². The van der Waals surface area contributed by atoms with Crippen molar-refractivity contribution in [2.75, 3.05) is 6.54 Å². The number of hydrogen-bond donors (Lipinski definition) is 1. The van der Waals surface area contributed by atoms with Crippen LogP contribution in [0.25, 0.3) is 0 Å². The standard InChI is InChI=1S/C13H13Cl2NO/c1-2-16-13(12-4-3-5-17-12)9-6-10(14)8-11(15)7-9/h3-8,13,16H,2H2,1H3. The van der Waals surface area contributed by atoms with Crippen LogP contribution < -0.4 is 5.32 Å². The van der Waals surface area contributed by atoms with E-state index in [0.29, 0.717) is 10.0 Å². The van der Waals surface area contributed by atoms with Gasteiger partial charge >= 0.3 is 0 Å². The molecule has 1 aromatic heterocycles. The van der Waals surface area contributed by atoms with Gasteiger partial charge in [0.1, 0.15) is 5.76 Å². The first-order valence-electron chi connectivity index (χ1n) is 5.43. The van der Waals surface area contributed by atoms with E-state index < -0.39 is 0 Å². The minimum absolute atomic E-state index is 0.0220. The van der Waals surface area contributed by atoms with Gasteiger partial charge in [-0.1, -0.05) is 30.1 Å². The molecule has 1 aromatic carbocycles. The molecular weight excluding hydrogens is 257 g/mol. The van der Waals surface area contributed by atoms with Crippen molar-refractivity contribution in [2.45, 2.75) is 13.0 Å². The summed E-state index contributed by atoms with van der Waals surface area (Å²) < 4.78 is 5.43. The Hall–Kier alpha value is -0.960. The summed E-state index contributed by atoms with van der Waals surface area (Å²) in [6.45, 7) is 2.87. The maximum Gasteiger partial charge on any atom is 0.125 e. The smallest absolute Gasteiger partial charge is 0.125 e. The summed E-state index contributed by atoms with van der Waals surface area (Å²) in [4.78, 5) is 0. The SMILES string of the molecule is CCNC(c1cc(Cl)cc(Cl)c1)c1ccco1. The van der Waals surface area contributed by atoms with Crippen LogP contribution in [0.5, 0.6) is 0 Å². The number of halogens is 2. The highest BCUT2D eigenvalue weighted by Gasteiger charge is 2.16. The summed E-state index contributed by atoms with van der Waals surface area (Å²) >= 11 is 12.0. The number of furan rings is 1. The first kappa shape index (κ1) is 12.5. The highest BCUT2D eigenvalue weighted by atomic mass is 35.5. The average Bonchev–Trinajstić information content (AvgIpc) is 2.77. The summed E-state index contributed by atoms with van der Waals surface area (Å²) in [5, 5.41) is 4.60. The molecule has 1 N–H and O–H groups in total. The van der Waals surface area contributed by atoms with Crippen molar-refractivity contribution in [1.29, 1.82) is 0 Å². The van der Waals surface area contributed by atoms with Crippen molar-refractivity contribution in [3.63, 3.8) is 0 Å². The lowest BCUT2D eigenvalue weighted by atomic mass is 10.0. The molecule has 0 radical (unpaired) electrons. The quantitative estimate of drug-likeness (QED) is 0.896. The summed E-state index contributed by atoms with van der Waals surface area (Å²) in [5.41, 5.74) is 0.999. The van der Waals surface area contributed by atoms with Gasteiger partial charge in [0.15, 0.2) is 0 Å². The van der Waals surface area contributed by atoms with E-state index in [1.807, 2.05) is 31.2 Å². The Morgan fingerprint density at radius 1 is 1.24 bits per heavy atom. The zero-order chi connectivity index (χ0) is 12.3. The summed E-state index contributed by atoms with van der Waals surface area (Å²) in [7, 11) is 0. The topological polar surface area (TPSA) is 25.2 Å². The average molecular weight is 270 g/mol. The molecular formula is C13H13Cl2NO. The lowest BCUT2D eigenvalue weighted by molar-refractivity contribution is 0.452. The highest BCUT2D eigenvalue weighted by molar-refractivity contribution is 6.34. The van der Waals surface area contributed by atoms with Crippen LogP contribution in [0, 0.1) is 0 Å². The van der Waals surface area contributed by atoms with Crippen molar-refractivity contribution in [3.05, 3.63) is 58.0 Å². The first-order valence-corrected chi connectivity index (χ1v) is 6.19. The third-order valence-corrected chi connectivity index (χ3v) is 2.89. The van der Waals surface area contributed by atoms with Gasteiger partial charge in [0.25, 0.3) is 0 Å². The largest absolute Gasteiger partial charge is 0.467 e. The second-order valence-corrected chi connectivity index (χ2v) is 4.58. The zero-order valence-electron chi connectivity index (χ0n) is 9.41. The highest BCUT2D eigenvalue weighted by Crippen LogP contribution is 2.28. The third kappa shape index (κ3) is 3.03. The fourth-order valence-electron chi connectivity index (χ4n) is 1.78. The molecule has 17 heavy (non-hydrogen) atoms. The molecule has 0 saturated carbocycles. The zero-order valence-corrected chi connectivity index (χ0v) is 10.9. The van der Waals surface area contributed by atoms with Crippen LogP contribution in [0.2, 0.25) is 10.0 Å². The van der Waals surface area contributed by atoms with E-state index in [9.17, 15) is 0 Å². The van der Waals surface area contributed by atoms with Crippen LogP contribution in [0.4, 0.5) is 0 Å². The molecule has 2 rings (SSSR count). The maximum atomic E-state index is 6.01. The maximum absolute atomic E-state index is 6.01. The van der Waals surface area contributed by atoms with E-state index >= 15 is 0 Å².